The van der Waals surface area contributed by atoms with Gasteiger partial charge in [0.15, 0.2) is 5.11 Å². The Kier molecular flexibility index (Phi) is 7.07. The second-order valence-electron chi connectivity index (χ2n) is 9.86. The van der Waals surface area contributed by atoms with Crippen LogP contribution < -0.4 is 15.5 Å². The number of anilines is 2. The van der Waals surface area contributed by atoms with Crippen LogP contribution in [0.5, 0.6) is 0 Å². The number of pyridine rings is 1. The van der Waals surface area contributed by atoms with Crippen LogP contribution in [0.4, 0.5) is 11.4 Å². The fraction of sp³-hybridized carbons (Fsp3) is 0.393. The van der Waals surface area contributed by atoms with Gasteiger partial charge in [-0.15, -0.1) is 0 Å². The summed E-state index contributed by atoms with van der Waals surface area (Å²) in [5, 5.41) is 7.22. The zero-order valence-corrected chi connectivity index (χ0v) is 21.8. The summed E-state index contributed by atoms with van der Waals surface area (Å²) in [5.74, 6) is -0.0798. The SMILES string of the molecule is Cc1cc(N2C(=S)N[C@H](c3ccccn3)[C@@H]2c2cccn2C[C@H]2CCCO2)ccc1NC(=O)C(C)C. The Labute approximate surface area is 217 Å². The van der Waals surface area contributed by atoms with Gasteiger partial charge in [0.2, 0.25) is 5.91 Å². The van der Waals surface area contributed by atoms with Crippen molar-refractivity contribution >= 4 is 34.6 Å². The zero-order chi connectivity index (χ0) is 25.2. The van der Waals surface area contributed by atoms with Crippen molar-refractivity contribution < 1.29 is 9.53 Å². The number of amides is 1. The van der Waals surface area contributed by atoms with Gasteiger partial charge in [-0.2, -0.15) is 0 Å². The Bertz CT molecular complexity index is 1240. The fourth-order valence-electron chi connectivity index (χ4n) is 5.02. The molecule has 188 valence electrons. The Morgan fingerprint density at radius 2 is 2.11 bits per heavy atom. The largest absolute Gasteiger partial charge is 0.376 e. The van der Waals surface area contributed by atoms with Gasteiger partial charge in [0.05, 0.1) is 17.8 Å². The molecular weight excluding hydrogens is 470 g/mol. The molecule has 4 heterocycles. The second kappa shape index (κ2) is 10.4. The number of nitrogens with zero attached hydrogens (tertiary/aromatic N) is 3. The van der Waals surface area contributed by atoms with Gasteiger partial charge in [0, 0.05) is 48.5 Å². The molecule has 0 saturated carbocycles. The molecule has 0 radical (unpaired) electrons. The number of aryl methyl sites for hydroxylation is 1. The highest BCUT2D eigenvalue weighted by Crippen LogP contribution is 2.42. The highest BCUT2D eigenvalue weighted by atomic mass is 32.1. The first-order valence-corrected chi connectivity index (χ1v) is 13.0. The molecule has 36 heavy (non-hydrogen) atoms. The number of hydrogen-bond acceptors (Lipinski definition) is 4. The number of rotatable bonds is 7. The number of hydrogen-bond donors (Lipinski definition) is 2. The van der Waals surface area contributed by atoms with Crippen LogP contribution in [0.25, 0.3) is 0 Å². The lowest BCUT2D eigenvalue weighted by atomic mass is 10.00. The summed E-state index contributed by atoms with van der Waals surface area (Å²) < 4.78 is 8.24. The van der Waals surface area contributed by atoms with E-state index in [4.69, 9.17) is 17.0 Å². The predicted molar refractivity (Wildman–Crippen MR) is 146 cm³/mol. The predicted octanol–water partition coefficient (Wildman–Crippen LogP) is 5.14. The minimum atomic E-state index is -0.113. The van der Waals surface area contributed by atoms with Gasteiger partial charge in [0.1, 0.15) is 6.04 Å². The molecule has 2 aliphatic rings. The maximum Gasteiger partial charge on any atom is 0.226 e. The third-order valence-electron chi connectivity index (χ3n) is 6.96. The summed E-state index contributed by atoms with van der Waals surface area (Å²) in [6.07, 6.45) is 6.36. The van der Waals surface area contributed by atoms with Crippen molar-refractivity contribution in [3.05, 3.63) is 77.9 Å². The molecule has 1 amide bonds. The number of carbonyl (C=O) groups is 1. The average Bonchev–Trinajstić information content (AvgIpc) is 3.61. The molecule has 5 rings (SSSR count). The number of thiocarbonyl (C=S) groups is 1. The second-order valence-corrected chi connectivity index (χ2v) is 10.2. The van der Waals surface area contributed by atoms with Gasteiger partial charge in [-0.25, -0.2) is 0 Å². The number of aromatic nitrogens is 2. The number of benzene rings is 1. The van der Waals surface area contributed by atoms with Crippen LogP contribution in [0, 0.1) is 12.8 Å². The number of nitrogens with one attached hydrogen (secondary N) is 2. The van der Waals surface area contributed by atoms with E-state index >= 15 is 0 Å². The van der Waals surface area contributed by atoms with E-state index in [-0.39, 0.29) is 30.0 Å². The molecule has 0 aliphatic carbocycles. The van der Waals surface area contributed by atoms with Crippen LogP contribution in [-0.4, -0.2) is 33.3 Å². The van der Waals surface area contributed by atoms with Crippen LogP contribution in [0.3, 0.4) is 0 Å². The summed E-state index contributed by atoms with van der Waals surface area (Å²) in [6, 6.07) is 16.1. The van der Waals surface area contributed by atoms with E-state index < -0.39 is 0 Å². The number of ether oxygens (including phenoxy) is 1. The quantitative estimate of drug-likeness (QED) is 0.435. The Balaban J connectivity index is 1.53. The van der Waals surface area contributed by atoms with E-state index in [9.17, 15) is 4.79 Å². The molecule has 2 fully saturated rings. The molecule has 3 atom stereocenters. The normalized spacial score (nSPS) is 21.7. The molecule has 2 saturated heterocycles. The summed E-state index contributed by atoms with van der Waals surface area (Å²) in [5.41, 5.74) is 4.87. The molecular formula is C28H33N5O2S. The molecule has 1 aromatic carbocycles. The first kappa shape index (κ1) is 24.5. The van der Waals surface area contributed by atoms with Crippen molar-refractivity contribution in [1.82, 2.24) is 14.9 Å². The van der Waals surface area contributed by atoms with E-state index in [1.165, 1.54) is 0 Å². The highest BCUT2D eigenvalue weighted by Gasteiger charge is 2.42. The Hall–Kier alpha value is -3.23. The lowest BCUT2D eigenvalue weighted by molar-refractivity contribution is -0.118. The fourth-order valence-corrected chi connectivity index (χ4v) is 5.36. The maximum atomic E-state index is 12.3. The minimum Gasteiger partial charge on any atom is -0.376 e. The molecule has 8 heteroatoms. The van der Waals surface area contributed by atoms with Crippen molar-refractivity contribution in [1.29, 1.82) is 0 Å². The van der Waals surface area contributed by atoms with Crippen molar-refractivity contribution in [3.8, 4) is 0 Å². The highest BCUT2D eigenvalue weighted by molar-refractivity contribution is 7.80. The van der Waals surface area contributed by atoms with Gasteiger partial charge in [-0.3, -0.25) is 9.78 Å². The molecule has 2 aromatic heterocycles. The molecule has 0 bridgehead atoms. The third-order valence-corrected chi connectivity index (χ3v) is 7.28. The summed E-state index contributed by atoms with van der Waals surface area (Å²) >= 11 is 5.90. The van der Waals surface area contributed by atoms with Crippen LogP contribution in [0.1, 0.15) is 55.7 Å². The van der Waals surface area contributed by atoms with Crippen LogP contribution in [-0.2, 0) is 16.1 Å². The lowest BCUT2D eigenvalue weighted by Crippen LogP contribution is -2.31. The van der Waals surface area contributed by atoms with E-state index in [2.05, 4.69) is 49.5 Å². The van der Waals surface area contributed by atoms with Crippen LogP contribution >= 0.6 is 12.2 Å². The van der Waals surface area contributed by atoms with Gasteiger partial charge in [-0.1, -0.05) is 19.9 Å². The zero-order valence-electron chi connectivity index (χ0n) is 21.0. The summed E-state index contributed by atoms with van der Waals surface area (Å²) in [6.45, 7) is 7.44. The minimum absolute atomic E-state index is 0.00395. The van der Waals surface area contributed by atoms with Gasteiger partial charge in [-0.05, 0) is 80.0 Å². The molecule has 0 unspecified atom stereocenters. The number of carbonyl (C=O) groups excluding carboxylic acids is 1. The smallest absolute Gasteiger partial charge is 0.226 e. The lowest BCUT2D eigenvalue weighted by Gasteiger charge is -2.30. The van der Waals surface area contributed by atoms with Gasteiger partial charge in [0.25, 0.3) is 0 Å². The van der Waals surface area contributed by atoms with Crippen molar-refractivity contribution in [2.24, 2.45) is 5.92 Å². The van der Waals surface area contributed by atoms with Crippen molar-refractivity contribution in [2.45, 2.75) is 58.3 Å². The van der Waals surface area contributed by atoms with E-state index in [0.29, 0.717) is 5.11 Å². The standard InChI is InChI=1S/C28H33N5O2S/c1-18(2)27(34)30-22-12-11-20(16-19(22)3)33-26(25(31-28(33)36)23-9-4-5-13-29-23)24-10-6-14-32(24)17-21-8-7-15-35-21/h4-6,9-14,16,18,21,25-26H,7-8,15,17H2,1-3H3,(H,30,34)(H,31,36)/t21-,25-,26+/m1/s1. The van der Waals surface area contributed by atoms with Crippen molar-refractivity contribution in [2.75, 3.05) is 16.8 Å². The molecule has 3 aromatic rings. The average molecular weight is 504 g/mol. The van der Waals surface area contributed by atoms with Crippen molar-refractivity contribution in [3.63, 3.8) is 0 Å². The van der Waals surface area contributed by atoms with E-state index in [1.54, 1.807) is 0 Å². The van der Waals surface area contributed by atoms with E-state index in [0.717, 1.165) is 54.3 Å². The summed E-state index contributed by atoms with van der Waals surface area (Å²) in [4.78, 5) is 19.1. The molecule has 7 nitrogen and oxygen atoms in total. The molecule has 2 N–H and O–H groups in total. The van der Waals surface area contributed by atoms with Crippen LogP contribution in [0.2, 0.25) is 0 Å². The van der Waals surface area contributed by atoms with Gasteiger partial charge < -0.3 is 24.8 Å². The third kappa shape index (κ3) is 4.88. The first-order valence-electron chi connectivity index (χ1n) is 12.6. The topological polar surface area (TPSA) is 71.4 Å². The molecule has 0 spiro atoms. The Morgan fingerprint density at radius 1 is 1.25 bits per heavy atom. The van der Waals surface area contributed by atoms with Gasteiger partial charge >= 0.3 is 0 Å². The molecule has 2 aliphatic heterocycles. The van der Waals surface area contributed by atoms with Crippen LogP contribution in [0.15, 0.2) is 60.9 Å². The first-order chi connectivity index (χ1) is 17.4. The Morgan fingerprint density at radius 3 is 2.81 bits per heavy atom. The summed E-state index contributed by atoms with van der Waals surface area (Å²) in [7, 11) is 0. The van der Waals surface area contributed by atoms with E-state index in [1.807, 2.05) is 57.3 Å². The monoisotopic (exact) mass is 503 g/mol. The maximum absolute atomic E-state index is 12.3.